The van der Waals surface area contributed by atoms with Gasteiger partial charge in [0.25, 0.3) is 0 Å². The summed E-state index contributed by atoms with van der Waals surface area (Å²) < 4.78 is 30.6. The van der Waals surface area contributed by atoms with Crippen LogP contribution >= 0.6 is 0 Å². The molecule has 0 radical (unpaired) electrons. The summed E-state index contributed by atoms with van der Waals surface area (Å²) in [6, 6.07) is 3.11. The molecule has 0 amide bonds. The third-order valence-corrected chi connectivity index (χ3v) is 2.83. The van der Waals surface area contributed by atoms with Crippen LogP contribution in [0, 0.1) is 11.6 Å². The fraction of sp³-hybridized carbons (Fsp3) is 0.417. The fourth-order valence-corrected chi connectivity index (χ4v) is 1.83. The molecule has 1 fully saturated rings. The maximum Gasteiger partial charge on any atom is 0.323 e. The molecule has 5 heteroatoms. The van der Waals surface area contributed by atoms with E-state index < -0.39 is 11.6 Å². The Hall–Kier alpha value is -1.49. The average Bonchev–Trinajstić information content (AvgIpc) is 2.68. The fourth-order valence-electron chi connectivity index (χ4n) is 1.83. The van der Waals surface area contributed by atoms with Crippen molar-refractivity contribution in [2.45, 2.75) is 25.4 Å². The van der Waals surface area contributed by atoms with Crippen molar-refractivity contribution in [3.8, 4) is 0 Å². The molecule has 0 bridgehead atoms. The van der Waals surface area contributed by atoms with E-state index in [1.807, 2.05) is 0 Å². The van der Waals surface area contributed by atoms with Gasteiger partial charge in [0.2, 0.25) is 0 Å². The first-order valence-corrected chi connectivity index (χ1v) is 5.45. The lowest BCUT2D eigenvalue weighted by Crippen LogP contribution is -2.35. The minimum absolute atomic E-state index is 0.235. The van der Waals surface area contributed by atoms with Crippen molar-refractivity contribution in [2.24, 2.45) is 0 Å². The Kier molecular flexibility index (Phi) is 3.38. The van der Waals surface area contributed by atoms with E-state index in [-0.39, 0.29) is 18.1 Å². The number of benzene rings is 1. The molecule has 92 valence electrons. The van der Waals surface area contributed by atoms with Crippen LogP contribution in [0.5, 0.6) is 0 Å². The van der Waals surface area contributed by atoms with Gasteiger partial charge in [0, 0.05) is 12.5 Å². The predicted molar refractivity (Wildman–Crippen MR) is 57.3 cm³/mol. The van der Waals surface area contributed by atoms with E-state index >= 15 is 0 Å². The molecule has 1 heterocycles. The summed E-state index contributed by atoms with van der Waals surface area (Å²) >= 11 is 0. The zero-order valence-corrected chi connectivity index (χ0v) is 9.37. The van der Waals surface area contributed by atoms with Gasteiger partial charge in [-0.15, -0.1) is 0 Å². The van der Waals surface area contributed by atoms with Gasteiger partial charge in [-0.3, -0.25) is 10.1 Å². The lowest BCUT2D eigenvalue weighted by atomic mass is 10.1. The lowest BCUT2D eigenvalue weighted by Gasteiger charge is -2.17. The third-order valence-electron chi connectivity index (χ3n) is 2.83. The number of cyclic esters (lactones) is 1. The Morgan fingerprint density at radius 2 is 2.18 bits per heavy atom. The number of rotatable bonds is 3. The van der Waals surface area contributed by atoms with E-state index in [0.717, 1.165) is 12.1 Å². The van der Waals surface area contributed by atoms with E-state index in [1.165, 1.54) is 6.07 Å². The van der Waals surface area contributed by atoms with Crippen molar-refractivity contribution in [3.05, 3.63) is 35.4 Å². The van der Waals surface area contributed by atoms with Crippen LogP contribution < -0.4 is 5.32 Å². The van der Waals surface area contributed by atoms with Crippen molar-refractivity contribution >= 4 is 5.97 Å². The predicted octanol–water partition coefficient (Wildman–Crippen LogP) is 1.93. The first-order chi connectivity index (χ1) is 8.08. The van der Waals surface area contributed by atoms with E-state index in [4.69, 9.17) is 4.74 Å². The summed E-state index contributed by atoms with van der Waals surface area (Å²) in [5, 5.41) is 3.03. The van der Waals surface area contributed by atoms with Gasteiger partial charge in [-0.25, -0.2) is 8.78 Å². The zero-order valence-electron chi connectivity index (χ0n) is 9.37. The Balaban J connectivity index is 2.06. The number of hydrogen-bond donors (Lipinski definition) is 1. The van der Waals surface area contributed by atoms with Crippen LogP contribution in [0.2, 0.25) is 0 Å². The first-order valence-electron chi connectivity index (χ1n) is 5.45. The van der Waals surface area contributed by atoms with Crippen molar-refractivity contribution in [3.63, 3.8) is 0 Å². The lowest BCUT2D eigenvalue weighted by molar-refractivity contribution is -0.139. The molecule has 0 spiro atoms. The molecular weight excluding hydrogens is 228 g/mol. The molecule has 0 aromatic heterocycles. The van der Waals surface area contributed by atoms with E-state index in [0.29, 0.717) is 18.6 Å². The highest BCUT2D eigenvalue weighted by molar-refractivity contribution is 5.77. The normalized spacial score (nSPS) is 21.4. The summed E-state index contributed by atoms with van der Waals surface area (Å²) in [5.41, 5.74) is 0.601. The highest BCUT2D eigenvalue weighted by Crippen LogP contribution is 2.18. The highest BCUT2D eigenvalue weighted by atomic mass is 19.2. The molecule has 2 atom stereocenters. The largest absolute Gasteiger partial charge is 0.464 e. The van der Waals surface area contributed by atoms with Gasteiger partial charge in [0.05, 0.1) is 6.61 Å². The molecule has 17 heavy (non-hydrogen) atoms. The second-order valence-electron chi connectivity index (χ2n) is 4.07. The Morgan fingerprint density at radius 3 is 2.76 bits per heavy atom. The van der Waals surface area contributed by atoms with Gasteiger partial charge in [-0.1, -0.05) is 6.07 Å². The van der Waals surface area contributed by atoms with Crippen LogP contribution in [0.1, 0.15) is 24.9 Å². The minimum atomic E-state index is -0.884. The van der Waals surface area contributed by atoms with Gasteiger partial charge in [-0.05, 0) is 24.6 Å². The molecule has 1 aromatic rings. The van der Waals surface area contributed by atoms with Gasteiger partial charge in [-0.2, -0.15) is 0 Å². The maximum absolute atomic E-state index is 13.0. The monoisotopic (exact) mass is 241 g/mol. The van der Waals surface area contributed by atoms with Crippen LogP contribution in [0.4, 0.5) is 8.78 Å². The van der Waals surface area contributed by atoms with Crippen LogP contribution in [0.15, 0.2) is 18.2 Å². The molecule has 0 saturated carbocycles. The second kappa shape index (κ2) is 4.79. The van der Waals surface area contributed by atoms with Crippen molar-refractivity contribution in [1.29, 1.82) is 0 Å². The van der Waals surface area contributed by atoms with E-state index in [2.05, 4.69) is 5.32 Å². The SMILES string of the molecule is CC(NC1CCOC1=O)c1ccc(F)c(F)c1. The molecule has 1 aliphatic rings. The summed E-state index contributed by atoms with van der Waals surface area (Å²) in [6.07, 6.45) is 0.604. The third kappa shape index (κ3) is 2.61. The van der Waals surface area contributed by atoms with Crippen LogP contribution in [-0.4, -0.2) is 18.6 Å². The minimum Gasteiger partial charge on any atom is -0.464 e. The number of halogens is 2. The highest BCUT2D eigenvalue weighted by Gasteiger charge is 2.27. The summed E-state index contributed by atoms with van der Waals surface area (Å²) in [5.74, 6) is -2.05. The number of carbonyl (C=O) groups excluding carboxylic acids is 1. The number of carbonyl (C=O) groups is 1. The van der Waals surface area contributed by atoms with Gasteiger partial charge in [0.1, 0.15) is 6.04 Å². The number of esters is 1. The van der Waals surface area contributed by atoms with E-state index in [9.17, 15) is 13.6 Å². The van der Waals surface area contributed by atoms with Crippen LogP contribution in [0.25, 0.3) is 0 Å². The van der Waals surface area contributed by atoms with Crippen molar-refractivity contribution < 1.29 is 18.3 Å². The van der Waals surface area contributed by atoms with E-state index in [1.54, 1.807) is 6.92 Å². The molecule has 1 saturated heterocycles. The number of nitrogens with one attached hydrogen (secondary N) is 1. The van der Waals surface area contributed by atoms with Crippen LogP contribution in [-0.2, 0) is 9.53 Å². The molecular formula is C12H13F2NO2. The smallest absolute Gasteiger partial charge is 0.323 e. The molecule has 2 rings (SSSR count). The summed E-state index contributed by atoms with van der Waals surface area (Å²) in [6.45, 7) is 2.19. The summed E-state index contributed by atoms with van der Waals surface area (Å²) in [7, 11) is 0. The Morgan fingerprint density at radius 1 is 1.41 bits per heavy atom. The summed E-state index contributed by atoms with van der Waals surface area (Å²) in [4.78, 5) is 11.2. The molecule has 1 aliphatic heterocycles. The van der Waals surface area contributed by atoms with Gasteiger partial charge < -0.3 is 4.74 Å². The van der Waals surface area contributed by atoms with Crippen molar-refractivity contribution in [2.75, 3.05) is 6.61 Å². The molecule has 3 nitrogen and oxygen atoms in total. The van der Waals surface area contributed by atoms with Crippen molar-refractivity contribution in [1.82, 2.24) is 5.32 Å². The molecule has 1 aromatic carbocycles. The Labute approximate surface area is 97.8 Å². The zero-order chi connectivity index (χ0) is 12.4. The second-order valence-corrected chi connectivity index (χ2v) is 4.07. The van der Waals surface area contributed by atoms with Gasteiger partial charge >= 0.3 is 5.97 Å². The molecule has 1 N–H and O–H groups in total. The van der Waals surface area contributed by atoms with Crippen LogP contribution in [0.3, 0.4) is 0 Å². The number of ether oxygens (including phenoxy) is 1. The van der Waals surface area contributed by atoms with Gasteiger partial charge in [0.15, 0.2) is 11.6 Å². The first kappa shape index (κ1) is 12.0. The molecule has 2 unspecified atom stereocenters. The quantitative estimate of drug-likeness (QED) is 0.822. The maximum atomic E-state index is 13.0. The topological polar surface area (TPSA) is 38.3 Å². The molecule has 0 aliphatic carbocycles. The average molecular weight is 241 g/mol. The Bertz CT molecular complexity index is 437. The standard InChI is InChI=1S/C12H13F2NO2/c1-7(15-11-4-5-17-12(11)16)8-2-3-9(13)10(14)6-8/h2-3,6-7,11,15H,4-5H2,1H3. The number of hydrogen-bond acceptors (Lipinski definition) is 3.